The molecule has 0 aliphatic rings. The molecule has 0 fully saturated rings. The summed E-state index contributed by atoms with van der Waals surface area (Å²) in [4.78, 5) is 18.5. The first-order chi connectivity index (χ1) is 4.12. The second-order valence-corrected chi connectivity index (χ2v) is 2.07. The highest BCUT2D eigenvalue weighted by molar-refractivity contribution is 7.89. The predicted octanol–water partition coefficient (Wildman–Crippen LogP) is -0.945. The Labute approximate surface area is 54.8 Å². The molecule has 0 spiro atoms. The molecule has 0 saturated carbocycles. The third-order valence-corrected chi connectivity index (χ3v) is 0.916. The molecule has 6 nitrogen and oxygen atoms in total. The Morgan fingerprint density at radius 2 is 1.30 bits per heavy atom. The van der Waals surface area contributed by atoms with Gasteiger partial charge >= 0.3 is 10.2 Å². The molecular weight excluding hydrogens is 167 g/mol. The number of nitrogens with zero attached hydrogens (tertiary/aromatic N) is 2. The minimum atomic E-state index is -4.28. The van der Waals surface area contributed by atoms with Gasteiger partial charge in [0.15, 0.2) is 0 Å². The van der Waals surface area contributed by atoms with Gasteiger partial charge in [0, 0.05) is 0 Å². The third kappa shape index (κ3) is 4.79. The van der Waals surface area contributed by atoms with Crippen LogP contribution in [0.2, 0.25) is 0 Å². The van der Waals surface area contributed by atoms with E-state index in [9.17, 15) is 18.0 Å². The fourth-order valence-corrected chi connectivity index (χ4v) is 0.344. The van der Waals surface area contributed by atoms with E-state index < -0.39 is 10.2 Å². The lowest BCUT2D eigenvalue weighted by Gasteiger charge is -1.72. The summed E-state index contributed by atoms with van der Waals surface area (Å²) in [6.45, 7) is 0. The average molecular weight is 168 g/mol. The fourth-order valence-electron chi connectivity index (χ4n) is 0.115. The predicted molar refractivity (Wildman–Crippen MR) is 27.7 cm³/mol. The van der Waals surface area contributed by atoms with Crippen LogP contribution < -0.4 is 0 Å². The SMILES string of the molecule is F.O=C=NS(=O)(=O)N=C=O. The zero-order valence-corrected chi connectivity index (χ0v) is 5.16. The van der Waals surface area contributed by atoms with Crippen LogP contribution in [-0.4, -0.2) is 20.6 Å². The van der Waals surface area contributed by atoms with Crippen LogP contribution in [0, 0.1) is 0 Å². The Hall–Kier alpha value is -1.36. The molecule has 0 aliphatic carbocycles. The topological polar surface area (TPSA) is 93.0 Å². The number of rotatable bonds is 2. The summed E-state index contributed by atoms with van der Waals surface area (Å²) in [7, 11) is -4.28. The van der Waals surface area contributed by atoms with Crippen LogP contribution in [0.15, 0.2) is 8.80 Å². The standard InChI is InChI=1S/C2N2O4S.FH/c5-1-3-9(7,8)4-2-6;/h;1H. The molecule has 0 aromatic heterocycles. The summed E-state index contributed by atoms with van der Waals surface area (Å²) < 4.78 is 24.3. The summed E-state index contributed by atoms with van der Waals surface area (Å²) in [5.41, 5.74) is 0. The molecule has 0 radical (unpaired) electrons. The van der Waals surface area contributed by atoms with E-state index in [0.29, 0.717) is 12.2 Å². The summed E-state index contributed by atoms with van der Waals surface area (Å²) >= 11 is 0. The lowest BCUT2D eigenvalue weighted by molar-refractivity contribution is 0.561. The maximum Gasteiger partial charge on any atom is 0.383 e. The summed E-state index contributed by atoms with van der Waals surface area (Å²) in [5, 5.41) is 0. The molecule has 0 rings (SSSR count). The lowest BCUT2D eigenvalue weighted by Crippen LogP contribution is -1.86. The van der Waals surface area contributed by atoms with Crippen LogP contribution in [-0.2, 0) is 19.8 Å². The summed E-state index contributed by atoms with van der Waals surface area (Å²) in [5.74, 6) is 0. The lowest BCUT2D eigenvalue weighted by atomic mass is 11.7. The third-order valence-electron chi connectivity index (χ3n) is 0.305. The Kier molecular flexibility index (Phi) is 5.16. The van der Waals surface area contributed by atoms with Crippen molar-refractivity contribution in [3.8, 4) is 0 Å². The second-order valence-electron chi connectivity index (χ2n) is 0.813. The number of carbonyl (C=O) groups excluding carboxylic acids is 2. The highest BCUT2D eigenvalue weighted by Gasteiger charge is 2.00. The molecule has 56 valence electrons. The average Bonchev–Trinajstić information content (AvgIpc) is 1.64. The number of isocyanates is 2. The van der Waals surface area contributed by atoms with Crippen molar-refractivity contribution >= 4 is 22.4 Å². The molecular formula is C2HFN2O4S. The number of hydrogen-bond donors (Lipinski definition) is 0. The van der Waals surface area contributed by atoms with Crippen molar-refractivity contribution < 1.29 is 22.7 Å². The first kappa shape index (κ1) is 11.4. The first-order valence-corrected chi connectivity index (χ1v) is 2.95. The van der Waals surface area contributed by atoms with Gasteiger partial charge in [-0.2, -0.15) is 8.42 Å². The van der Waals surface area contributed by atoms with E-state index in [2.05, 4.69) is 8.80 Å². The van der Waals surface area contributed by atoms with Crippen LogP contribution in [0.5, 0.6) is 0 Å². The van der Waals surface area contributed by atoms with Crippen molar-refractivity contribution in [2.75, 3.05) is 0 Å². The van der Waals surface area contributed by atoms with E-state index in [1.807, 2.05) is 0 Å². The van der Waals surface area contributed by atoms with Crippen LogP contribution in [0.1, 0.15) is 0 Å². The molecule has 0 aromatic rings. The van der Waals surface area contributed by atoms with Crippen LogP contribution in [0.25, 0.3) is 0 Å². The Balaban J connectivity index is 0. The highest BCUT2D eigenvalue weighted by atomic mass is 32.2. The van der Waals surface area contributed by atoms with Crippen molar-refractivity contribution in [2.45, 2.75) is 0 Å². The quantitative estimate of drug-likeness (QED) is 0.392. The summed E-state index contributed by atoms with van der Waals surface area (Å²) in [6, 6.07) is 0. The van der Waals surface area contributed by atoms with Gasteiger partial charge in [0.25, 0.3) is 12.2 Å². The molecule has 0 heterocycles. The largest absolute Gasteiger partial charge is 0.383 e. The van der Waals surface area contributed by atoms with E-state index in [1.165, 1.54) is 0 Å². The Morgan fingerprint density at radius 1 is 1.00 bits per heavy atom. The van der Waals surface area contributed by atoms with E-state index in [-0.39, 0.29) is 4.70 Å². The molecule has 10 heavy (non-hydrogen) atoms. The molecule has 0 saturated heterocycles. The van der Waals surface area contributed by atoms with E-state index in [4.69, 9.17) is 0 Å². The minimum Gasteiger partial charge on any atom is -0.269 e. The number of hydrogen-bond acceptors (Lipinski definition) is 4. The van der Waals surface area contributed by atoms with Gasteiger partial charge in [0.1, 0.15) is 0 Å². The van der Waals surface area contributed by atoms with Gasteiger partial charge in [-0.15, -0.1) is 0 Å². The molecule has 0 N–H and O–H groups in total. The molecule has 0 amide bonds. The molecule has 0 aromatic carbocycles. The van der Waals surface area contributed by atoms with Gasteiger partial charge in [-0.05, 0) is 0 Å². The van der Waals surface area contributed by atoms with Gasteiger partial charge < -0.3 is 0 Å². The van der Waals surface area contributed by atoms with Crippen molar-refractivity contribution in [3.63, 3.8) is 0 Å². The molecule has 0 bridgehead atoms. The minimum absolute atomic E-state index is 0. The molecule has 0 atom stereocenters. The Morgan fingerprint density at radius 3 is 1.50 bits per heavy atom. The van der Waals surface area contributed by atoms with Gasteiger partial charge in [0.05, 0.1) is 0 Å². The number of halogens is 1. The van der Waals surface area contributed by atoms with Gasteiger partial charge in [-0.1, -0.05) is 8.80 Å². The van der Waals surface area contributed by atoms with Crippen molar-refractivity contribution in [3.05, 3.63) is 0 Å². The normalized spacial score (nSPS) is 8.00. The molecule has 0 unspecified atom stereocenters. The van der Waals surface area contributed by atoms with Gasteiger partial charge in [0.2, 0.25) is 0 Å². The fraction of sp³-hybridized carbons (Fsp3) is 0. The van der Waals surface area contributed by atoms with Gasteiger partial charge in [-0.25, -0.2) is 9.59 Å². The van der Waals surface area contributed by atoms with Crippen molar-refractivity contribution in [2.24, 2.45) is 8.80 Å². The second kappa shape index (κ2) is 4.51. The summed E-state index contributed by atoms with van der Waals surface area (Å²) in [6.07, 6.45) is 1.41. The molecule has 8 heteroatoms. The highest BCUT2D eigenvalue weighted by Crippen LogP contribution is 1.87. The first-order valence-electron chi connectivity index (χ1n) is 1.55. The molecule has 0 aliphatic heterocycles. The van der Waals surface area contributed by atoms with Gasteiger partial charge in [-0.3, -0.25) is 4.70 Å². The van der Waals surface area contributed by atoms with E-state index >= 15 is 0 Å². The van der Waals surface area contributed by atoms with Crippen LogP contribution >= 0.6 is 0 Å². The Bertz CT molecular complexity index is 258. The van der Waals surface area contributed by atoms with Crippen molar-refractivity contribution in [1.29, 1.82) is 0 Å². The zero-order chi connectivity index (χ0) is 7.33. The van der Waals surface area contributed by atoms with Crippen LogP contribution in [0.4, 0.5) is 4.70 Å². The maximum absolute atomic E-state index is 9.97. The van der Waals surface area contributed by atoms with E-state index in [1.54, 1.807) is 0 Å². The van der Waals surface area contributed by atoms with Crippen molar-refractivity contribution in [1.82, 2.24) is 0 Å². The smallest absolute Gasteiger partial charge is 0.269 e. The monoisotopic (exact) mass is 168 g/mol. The maximum atomic E-state index is 9.97. The zero-order valence-electron chi connectivity index (χ0n) is 4.34. The van der Waals surface area contributed by atoms with E-state index in [0.717, 1.165) is 0 Å². The van der Waals surface area contributed by atoms with Crippen LogP contribution in [0.3, 0.4) is 0 Å².